The molecule has 0 spiro atoms. The van der Waals surface area contributed by atoms with Crippen LogP contribution in [0.15, 0.2) is 48.5 Å². The summed E-state index contributed by atoms with van der Waals surface area (Å²) >= 11 is 0. The second kappa shape index (κ2) is 8.75. The minimum atomic E-state index is -0.468. The number of amides is 3. The number of anilines is 1. The highest BCUT2D eigenvalue weighted by molar-refractivity contribution is 5.99. The quantitative estimate of drug-likeness (QED) is 0.832. The Morgan fingerprint density at radius 3 is 2.35 bits per heavy atom. The zero-order valence-corrected chi connectivity index (χ0v) is 14.6. The highest BCUT2D eigenvalue weighted by atomic mass is 19.1. The minimum Gasteiger partial charge on any atom is -0.343 e. The molecule has 0 unspecified atom stereocenters. The first-order valence-corrected chi connectivity index (χ1v) is 8.00. The van der Waals surface area contributed by atoms with Gasteiger partial charge in [0.15, 0.2) is 0 Å². The Morgan fingerprint density at radius 2 is 1.69 bits per heavy atom. The van der Waals surface area contributed by atoms with Crippen molar-refractivity contribution in [2.24, 2.45) is 0 Å². The molecule has 3 amide bonds. The SMILES string of the molecule is CC(=O)N(C)Cc1ccccc1NC(=O)CNC(=O)c1ccc(F)cc1. The molecule has 7 heteroatoms. The van der Waals surface area contributed by atoms with Crippen molar-refractivity contribution in [1.29, 1.82) is 0 Å². The maximum absolute atomic E-state index is 12.9. The third-order valence-electron chi connectivity index (χ3n) is 3.75. The van der Waals surface area contributed by atoms with Gasteiger partial charge in [0.05, 0.1) is 6.54 Å². The van der Waals surface area contributed by atoms with Crippen LogP contribution in [0.1, 0.15) is 22.8 Å². The van der Waals surface area contributed by atoms with E-state index in [4.69, 9.17) is 0 Å². The third kappa shape index (κ3) is 5.41. The number of nitrogens with one attached hydrogen (secondary N) is 2. The second-order valence-corrected chi connectivity index (χ2v) is 5.77. The number of halogens is 1. The van der Waals surface area contributed by atoms with Crippen molar-refractivity contribution in [3.8, 4) is 0 Å². The smallest absolute Gasteiger partial charge is 0.251 e. The van der Waals surface area contributed by atoms with Gasteiger partial charge < -0.3 is 15.5 Å². The van der Waals surface area contributed by atoms with Crippen LogP contribution >= 0.6 is 0 Å². The number of hydrogen-bond acceptors (Lipinski definition) is 3. The lowest BCUT2D eigenvalue weighted by Crippen LogP contribution is -2.33. The van der Waals surface area contributed by atoms with Crippen LogP contribution in [0.3, 0.4) is 0 Å². The Hall–Kier alpha value is -3.22. The summed E-state index contributed by atoms with van der Waals surface area (Å²) in [4.78, 5) is 37.0. The van der Waals surface area contributed by atoms with E-state index in [9.17, 15) is 18.8 Å². The molecule has 0 aliphatic rings. The molecular weight excluding hydrogens is 337 g/mol. The molecule has 136 valence electrons. The van der Waals surface area contributed by atoms with Crippen molar-refractivity contribution in [1.82, 2.24) is 10.2 Å². The fourth-order valence-electron chi connectivity index (χ4n) is 2.21. The van der Waals surface area contributed by atoms with E-state index in [1.165, 1.54) is 36.1 Å². The van der Waals surface area contributed by atoms with Crippen molar-refractivity contribution in [3.05, 3.63) is 65.5 Å². The Morgan fingerprint density at radius 1 is 1.04 bits per heavy atom. The molecule has 2 N–H and O–H groups in total. The van der Waals surface area contributed by atoms with Gasteiger partial charge in [-0.3, -0.25) is 14.4 Å². The number of rotatable bonds is 6. The first-order valence-electron chi connectivity index (χ1n) is 8.00. The van der Waals surface area contributed by atoms with Gasteiger partial charge in [-0.25, -0.2) is 4.39 Å². The fraction of sp³-hybridized carbons (Fsp3) is 0.211. The van der Waals surface area contributed by atoms with E-state index in [2.05, 4.69) is 10.6 Å². The van der Waals surface area contributed by atoms with Crippen LogP contribution in [0, 0.1) is 5.82 Å². The van der Waals surface area contributed by atoms with E-state index >= 15 is 0 Å². The summed E-state index contributed by atoms with van der Waals surface area (Å²) in [6, 6.07) is 12.2. The van der Waals surface area contributed by atoms with E-state index in [0.717, 1.165) is 5.56 Å². The Labute approximate surface area is 151 Å². The molecule has 2 rings (SSSR count). The Balaban J connectivity index is 1.94. The van der Waals surface area contributed by atoms with Gasteiger partial charge in [0.1, 0.15) is 5.82 Å². The fourth-order valence-corrected chi connectivity index (χ4v) is 2.21. The maximum Gasteiger partial charge on any atom is 0.251 e. The predicted molar refractivity (Wildman–Crippen MR) is 96.0 cm³/mol. The second-order valence-electron chi connectivity index (χ2n) is 5.77. The molecule has 0 fully saturated rings. The molecule has 26 heavy (non-hydrogen) atoms. The molecule has 6 nitrogen and oxygen atoms in total. The third-order valence-corrected chi connectivity index (χ3v) is 3.75. The first-order chi connectivity index (χ1) is 12.4. The lowest BCUT2D eigenvalue weighted by molar-refractivity contribution is -0.128. The molecule has 0 aromatic heterocycles. The monoisotopic (exact) mass is 357 g/mol. The number of benzene rings is 2. The number of para-hydroxylation sites is 1. The molecule has 0 bridgehead atoms. The summed E-state index contributed by atoms with van der Waals surface area (Å²) in [5, 5.41) is 5.20. The topological polar surface area (TPSA) is 78.5 Å². The van der Waals surface area contributed by atoms with Gasteiger partial charge in [0, 0.05) is 31.8 Å². The van der Waals surface area contributed by atoms with Gasteiger partial charge in [0.25, 0.3) is 5.91 Å². The molecule has 0 aliphatic carbocycles. The average Bonchev–Trinajstić information content (AvgIpc) is 2.61. The van der Waals surface area contributed by atoms with Crippen LogP contribution in [-0.4, -0.2) is 36.2 Å². The maximum atomic E-state index is 12.9. The van der Waals surface area contributed by atoms with Crippen LogP contribution in [0.2, 0.25) is 0 Å². The van der Waals surface area contributed by atoms with Crippen LogP contribution in [-0.2, 0) is 16.1 Å². The van der Waals surface area contributed by atoms with Crippen molar-refractivity contribution in [3.63, 3.8) is 0 Å². The summed E-state index contributed by atoms with van der Waals surface area (Å²) in [7, 11) is 1.67. The molecule has 0 radical (unpaired) electrons. The van der Waals surface area contributed by atoms with Gasteiger partial charge in [-0.15, -0.1) is 0 Å². The standard InChI is InChI=1S/C19H20FN3O3/c1-13(24)23(2)12-15-5-3-4-6-17(15)22-18(25)11-21-19(26)14-7-9-16(20)10-8-14/h3-10H,11-12H2,1-2H3,(H,21,26)(H,22,25). The van der Waals surface area contributed by atoms with Crippen molar-refractivity contribution >= 4 is 23.4 Å². The van der Waals surface area contributed by atoms with Gasteiger partial charge in [-0.2, -0.15) is 0 Å². The van der Waals surface area contributed by atoms with Gasteiger partial charge >= 0.3 is 0 Å². The van der Waals surface area contributed by atoms with E-state index in [-0.39, 0.29) is 18.0 Å². The van der Waals surface area contributed by atoms with Crippen molar-refractivity contribution in [2.75, 3.05) is 18.9 Å². The van der Waals surface area contributed by atoms with Gasteiger partial charge in [-0.1, -0.05) is 18.2 Å². The Bertz CT molecular complexity index is 806. The number of nitrogens with zero attached hydrogens (tertiary/aromatic N) is 1. The van der Waals surface area contributed by atoms with E-state index in [1.54, 1.807) is 19.2 Å². The van der Waals surface area contributed by atoms with Crippen LogP contribution in [0.4, 0.5) is 10.1 Å². The lowest BCUT2D eigenvalue weighted by atomic mass is 10.1. The molecule has 2 aromatic rings. The average molecular weight is 357 g/mol. The lowest BCUT2D eigenvalue weighted by Gasteiger charge is -2.18. The molecular formula is C19H20FN3O3. The Kier molecular flexibility index (Phi) is 6.43. The molecule has 2 aromatic carbocycles. The number of hydrogen-bond donors (Lipinski definition) is 2. The zero-order valence-electron chi connectivity index (χ0n) is 14.6. The summed E-state index contributed by atoms with van der Waals surface area (Å²) in [5.41, 5.74) is 1.62. The van der Waals surface area contributed by atoms with Gasteiger partial charge in [0.2, 0.25) is 11.8 Å². The normalized spacial score (nSPS) is 10.1. The van der Waals surface area contributed by atoms with E-state index < -0.39 is 17.6 Å². The van der Waals surface area contributed by atoms with Crippen LogP contribution in [0.5, 0.6) is 0 Å². The molecule has 0 atom stereocenters. The van der Waals surface area contributed by atoms with Crippen molar-refractivity contribution in [2.45, 2.75) is 13.5 Å². The summed E-state index contributed by atoms with van der Waals surface area (Å²) < 4.78 is 12.9. The van der Waals surface area contributed by atoms with Crippen LogP contribution < -0.4 is 10.6 Å². The zero-order chi connectivity index (χ0) is 19.1. The summed E-state index contributed by atoms with van der Waals surface area (Å²) in [5.74, 6) is -1.40. The predicted octanol–water partition coefficient (Wildman–Crippen LogP) is 2.17. The molecule has 0 heterocycles. The largest absolute Gasteiger partial charge is 0.343 e. The minimum absolute atomic E-state index is 0.0855. The molecule has 0 saturated heterocycles. The summed E-state index contributed by atoms with van der Waals surface area (Å²) in [6.07, 6.45) is 0. The van der Waals surface area contributed by atoms with Crippen LogP contribution in [0.25, 0.3) is 0 Å². The van der Waals surface area contributed by atoms with Gasteiger partial charge in [-0.05, 0) is 35.9 Å². The highest BCUT2D eigenvalue weighted by Gasteiger charge is 2.12. The summed E-state index contributed by atoms with van der Waals surface area (Å²) in [6.45, 7) is 1.59. The molecule has 0 saturated carbocycles. The number of carbonyl (C=O) groups excluding carboxylic acids is 3. The van der Waals surface area contributed by atoms with Crippen molar-refractivity contribution < 1.29 is 18.8 Å². The highest BCUT2D eigenvalue weighted by Crippen LogP contribution is 2.16. The number of carbonyl (C=O) groups is 3. The first kappa shape index (κ1) is 19.1. The van der Waals surface area contributed by atoms with E-state index in [1.807, 2.05) is 12.1 Å². The van der Waals surface area contributed by atoms with E-state index in [0.29, 0.717) is 12.2 Å². The molecule has 0 aliphatic heterocycles.